The van der Waals surface area contributed by atoms with Gasteiger partial charge in [-0.2, -0.15) is 0 Å². The van der Waals surface area contributed by atoms with Crippen molar-refractivity contribution in [3.8, 4) is 0 Å². The molecule has 0 atom stereocenters. The maximum absolute atomic E-state index is 10.4. The second-order valence-corrected chi connectivity index (χ2v) is 7.17. The third-order valence-corrected chi connectivity index (χ3v) is 6.19. The molecule has 13 heavy (non-hydrogen) atoms. The summed E-state index contributed by atoms with van der Waals surface area (Å²) in [5, 5.41) is 1.20. The van der Waals surface area contributed by atoms with E-state index >= 15 is 0 Å². The van der Waals surface area contributed by atoms with Gasteiger partial charge in [0.15, 0.2) is 7.49 Å². The van der Waals surface area contributed by atoms with Crippen LogP contribution in [-0.2, 0) is 0 Å². The van der Waals surface area contributed by atoms with E-state index in [0.29, 0.717) is 0 Å². The van der Waals surface area contributed by atoms with Crippen LogP contribution in [0.25, 0.3) is 0 Å². The van der Waals surface area contributed by atoms with Crippen LogP contribution in [0.5, 0.6) is 0 Å². The molecule has 0 aromatic heterocycles. The van der Waals surface area contributed by atoms with Crippen LogP contribution in [0.3, 0.4) is 0 Å². The Labute approximate surface area is 80.2 Å². The van der Waals surface area contributed by atoms with Gasteiger partial charge in [-0.1, -0.05) is 17.7 Å². The van der Waals surface area contributed by atoms with Crippen molar-refractivity contribution < 1.29 is 4.89 Å². The minimum absolute atomic E-state index is 1.04. The third kappa shape index (κ3) is 1.77. The van der Waals surface area contributed by atoms with Crippen molar-refractivity contribution in [1.29, 1.82) is 0 Å². The van der Waals surface area contributed by atoms with Crippen molar-refractivity contribution >= 4 is 12.8 Å². The fourth-order valence-electron chi connectivity index (χ4n) is 1.94. The summed E-state index contributed by atoms with van der Waals surface area (Å²) in [7, 11) is -1.69. The smallest absolute Gasteiger partial charge is 0.174 e. The molecule has 1 nitrogen and oxygen atoms in total. The highest BCUT2D eigenvalue weighted by molar-refractivity contribution is 7.78. The number of aryl methyl sites for hydroxylation is 1. The Kier molecular flexibility index (Phi) is 2.40. The Morgan fingerprint density at radius 3 is 2.15 bits per heavy atom. The van der Waals surface area contributed by atoms with E-state index in [1.54, 1.807) is 0 Å². The number of benzene rings is 1. The van der Waals surface area contributed by atoms with Gasteiger partial charge in [0.05, 0.1) is 12.3 Å². The molecular weight excluding hydrogens is 179 g/mol. The van der Waals surface area contributed by atoms with Gasteiger partial charge in [-0.15, -0.1) is 0 Å². The Morgan fingerprint density at radius 2 is 1.62 bits per heavy atom. The SMILES string of the molecule is Cc1ccc([P+]2(O)CCCC2)cc1. The van der Waals surface area contributed by atoms with Gasteiger partial charge in [0, 0.05) is 0 Å². The third-order valence-electron chi connectivity index (χ3n) is 2.82. The topological polar surface area (TPSA) is 20.2 Å². The summed E-state index contributed by atoms with van der Waals surface area (Å²) in [4.78, 5) is 10.4. The zero-order chi connectivity index (χ0) is 9.31. The molecule has 1 aliphatic heterocycles. The molecule has 0 saturated carbocycles. The summed E-state index contributed by atoms with van der Waals surface area (Å²) >= 11 is 0. The molecule has 1 saturated heterocycles. The van der Waals surface area contributed by atoms with Crippen LogP contribution >= 0.6 is 7.49 Å². The average Bonchev–Trinajstić information content (AvgIpc) is 2.54. The molecule has 1 aromatic carbocycles. The molecule has 0 bridgehead atoms. The first-order valence-corrected chi connectivity index (χ1v) is 6.99. The molecule has 2 heteroatoms. The van der Waals surface area contributed by atoms with Crippen LogP contribution in [0.1, 0.15) is 18.4 Å². The Hall–Kier alpha value is -0.390. The summed E-state index contributed by atoms with van der Waals surface area (Å²) in [6.07, 6.45) is 4.49. The van der Waals surface area contributed by atoms with E-state index in [2.05, 4.69) is 31.2 Å². The summed E-state index contributed by atoms with van der Waals surface area (Å²) in [6.45, 7) is 2.08. The van der Waals surface area contributed by atoms with Crippen LogP contribution in [0.4, 0.5) is 0 Å². The minimum atomic E-state index is -1.69. The average molecular weight is 195 g/mol. The first-order valence-electron chi connectivity index (χ1n) is 4.88. The second-order valence-electron chi connectivity index (χ2n) is 3.91. The normalized spacial score (nSPS) is 20.5. The van der Waals surface area contributed by atoms with Gasteiger partial charge < -0.3 is 0 Å². The van der Waals surface area contributed by atoms with Crippen LogP contribution < -0.4 is 5.30 Å². The first kappa shape index (κ1) is 9.18. The van der Waals surface area contributed by atoms with E-state index in [1.807, 2.05) is 0 Å². The molecular formula is C11H16OP+. The molecule has 1 aliphatic rings. The summed E-state index contributed by atoms with van der Waals surface area (Å²) < 4.78 is 0. The van der Waals surface area contributed by atoms with Gasteiger partial charge in [0.2, 0.25) is 0 Å². The second kappa shape index (κ2) is 3.40. The van der Waals surface area contributed by atoms with Crippen molar-refractivity contribution in [3.63, 3.8) is 0 Å². The molecule has 1 fully saturated rings. The molecule has 0 spiro atoms. The largest absolute Gasteiger partial charge is 0.246 e. The van der Waals surface area contributed by atoms with Crippen molar-refractivity contribution in [2.45, 2.75) is 19.8 Å². The van der Waals surface area contributed by atoms with Gasteiger partial charge in [-0.25, -0.2) is 4.89 Å². The number of hydrogen-bond donors (Lipinski definition) is 1. The van der Waals surface area contributed by atoms with Gasteiger partial charge in [-0.3, -0.25) is 0 Å². The zero-order valence-electron chi connectivity index (χ0n) is 8.03. The summed E-state index contributed by atoms with van der Waals surface area (Å²) in [5.74, 6) is 0. The maximum Gasteiger partial charge on any atom is 0.174 e. The zero-order valence-corrected chi connectivity index (χ0v) is 8.93. The monoisotopic (exact) mass is 195 g/mol. The highest BCUT2D eigenvalue weighted by Gasteiger charge is 2.41. The molecule has 70 valence electrons. The molecule has 1 N–H and O–H groups in total. The molecule has 1 aromatic rings. The highest BCUT2D eigenvalue weighted by Crippen LogP contribution is 2.58. The van der Waals surface area contributed by atoms with Crippen molar-refractivity contribution in [2.75, 3.05) is 12.3 Å². The fourth-order valence-corrected chi connectivity index (χ4v) is 4.88. The molecule has 0 amide bonds. The molecule has 0 aliphatic carbocycles. The number of hydrogen-bond acceptors (Lipinski definition) is 1. The quantitative estimate of drug-likeness (QED) is 0.682. The van der Waals surface area contributed by atoms with E-state index in [0.717, 1.165) is 12.3 Å². The van der Waals surface area contributed by atoms with Crippen LogP contribution in [0.15, 0.2) is 24.3 Å². The van der Waals surface area contributed by atoms with Gasteiger partial charge in [0.1, 0.15) is 5.30 Å². The van der Waals surface area contributed by atoms with Gasteiger partial charge in [-0.05, 0) is 31.9 Å². The standard InChI is InChI=1S/C11H16OP/c1-10-4-6-11(7-5-10)13(12)8-2-3-9-13/h4-7,12H,2-3,8-9H2,1H3/q+1. The van der Waals surface area contributed by atoms with Gasteiger partial charge in [0.25, 0.3) is 0 Å². The maximum atomic E-state index is 10.4. The lowest BCUT2D eigenvalue weighted by atomic mass is 10.2. The molecule has 0 radical (unpaired) electrons. The summed E-state index contributed by atoms with van der Waals surface area (Å²) in [6, 6.07) is 8.42. The van der Waals surface area contributed by atoms with E-state index < -0.39 is 7.49 Å². The fraction of sp³-hybridized carbons (Fsp3) is 0.455. The van der Waals surface area contributed by atoms with E-state index in [-0.39, 0.29) is 0 Å². The molecule has 1 heterocycles. The first-order chi connectivity index (χ1) is 6.21. The Bertz CT molecular complexity index is 285. The van der Waals surface area contributed by atoms with Crippen LogP contribution in [-0.4, -0.2) is 17.2 Å². The minimum Gasteiger partial charge on any atom is -0.246 e. The predicted octanol–water partition coefficient (Wildman–Crippen LogP) is 2.34. The lowest BCUT2D eigenvalue weighted by molar-refractivity contribution is 0.617. The molecule has 0 unspecified atom stereocenters. The summed E-state index contributed by atoms with van der Waals surface area (Å²) in [5.41, 5.74) is 1.27. The van der Waals surface area contributed by atoms with Crippen LogP contribution in [0, 0.1) is 6.92 Å². The van der Waals surface area contributed by atoms with Crippen molar-refractivity contribution in [3.05, 3.63) is 29.8 Å². The van der Waals surface area contributed by atoms with E-state index in [1.165, 1.54) is 23.7 Å². The van der Waals surface area contributed by atoms with E-state index in [9.17, 15) is 4.89 Å². The number of rotatable bonds is 1. The van der Waals surface area contributed by atoms with Gasteiger partial charge >= 0.3 is 0 Å². The highest BCUT2D eigenvalue weighted by atomic mass is 31.2. The lowest BCUT2D eigenvalue weighted by Gasteiger charge is -2.13. The van der Waals surface area contributed by atoms with Crippen molar-refractivity contribution in [2.24, 2.45) is 0 Å². The Balaban J connectivity index is 2.29. The van der Waals surface area contributed by atoms with Crippen molar-refractivity contribution in [1.82, 2.24) is 0 Å². The lowest BCUT2D eigenvalue weighted by Crippen LogP contribution is -2.11. The predicted molar refractivity (Wildman–Crippen MR) is 58.9 cm³/mol. The Morgan fingerprint density at radius 1 is 1.08 bits per heavy atom. The molecule has 2 rings (SSSR count). The van der Waals surface area contributed by atoms with Crippen LogP contribution in [0.2, 0.25) is 0 Å². The van der Waals surface area contributed by atoms with E-state index in [4.69, 9.17) is 0 Å².